The number of hydrogen-bond acceptors (Lipinski definition) is 6. The maximum atomic E-state index is 12.7. The van der Waals surface area contributed by atoms with E-state index in [0.29, 0.717) is 19.3 Å². The molecule has 0 rings (SSSR count). The van der Waals surface area contributed by atoms with Crippen molar-refractivity contribution in [3.05, 3.63) is 24.3 Å². The molecule has 57 heavy (non-hydrogen) atoms. The van der Waals surface area contributed by atoms with Crippen molar-refractivity contribution in [1.82, 2.24) is 0 Å². The third-order valence-corrected chi connectivity index (χ3v) is 10.9. The molecule has 334 valence electrons. The van der Waals surface area contributed by atoms with Crippen molar-refractivity contribution >= 4 is 17.9 Å². The van der Waals surface area contributed by atoms with Crippen LogP contribution in [0.5, 0.6) is 0 Å². The van der Waals surface area contributed by atoms with Crippen molar-refractivity contribution in [2.75, 3.05) is 13.2 Å². The van der Waals surface area contributed by atoms with E-state index >= 15 is 0 Å². The van der Waals surface area contributed by atoms with Gasteiger partial charge in [0.2, 0.25) is 0 Å². The molecule has 1 atom stereocenters. The summed E-state index contributed by atoms with van der Waals surface area (Å²) in [5.74, 6) is -0.887. The molecule has 0 spiro atoms. The fraction of sp³-hybridized carbons (Fsp3) is 0.863. The predicted molar refractivity (Wildman–Crippen MR) is 243 cm³/mol. The average molecular weight is 803 g/mol. The van der Waals surface area contributed by atoms with Gasteiger partial charge in [-0.1, -0.05) is 199 Å². The molecule has 0 aliphatic heterocycles. The normalized spacial score (nSPS) is 12.1. The molecule has 0 heterocycles. The molecule has 0 fully saturated rings. The summed E-state index contributed by atoms with van der Waals surface area (Å²) in [5, 5.41) is 0. The van der Waals surface area contributed by atoms with Crippen LogP contribution in [-0.2, 0) is 28.6 Å². The number of carbonyl (C=O) groups is 3. The number of ether oxygens (including phenoxy) is 3. The summed E-state index contributed by atoms with van der Waals surface area (Å²) >= 11 is 0. The van der Waals surface area contributed by atoms with Crippen molar-refractivity contribution in [3.63, 3.8) is 0 Å². The highest BCUT2D eigenvalue weighted by atomic mass is 16.6. The van der Waals surface area contributed by atoms with E-state index in [0.717, 1.165) is 64.2 Å². The van der Waals surface area contributed by atoms with E-state index in [-0.39, 0.29) is 31.1 Å². The minimum atomic E-state index is -0.768. The van der Waals surface area contributed by atoms with Crippen LogP contribution in [0.4, 0.5) is 0 Å². The van der Waals surface area contributed by atoms with Crippen molar-refractivity contribution in [2.45, 2.75) is 271 Å². The Morgan fingerprint density at radius 2 is 0.579 bits per heavy atom. The Morgan fingerprint density at radius 1 is 0.333 bits per heavy atom. The minimum Gasteiger partial charge on any atom is -0.462 e. The zero-order valence-corrected chi connectivity index (χ0v) is 38.1. The second-order valence-corrected chi connectivity index (χ2v) is 16.7. The monoisotopic (exact) mass is 803 g/mol. The first kappa shape index (κ1) is 54.9. The summed E-state index contributed by atoms with van der Waals surface area (Å²) in [5.41, 5.74) is 0. The van der Waals surface area contributed by atoms with Gasteiger partial charge in [-0.25, -0.2) is 0 Å². The van der Waals surface area contributed by atoms with Crippen molar-refractivity contribution in [3.8, 4) is 0 Å². The molecular formula is C51H94O6. The lowest BCUT2D eigenvalue weighted by molar-refractivity contribution is -0.167. The van der Waals surface area contributed by atoms with Crippen LogP contribution in [0, 0.1) is 0 Å². The highest BCUT2D eigenvalue weighted by molar-refractivity contribution is 5.71. The number of unbranched alkanes of at least 4 members (excludes halogenated alkanes) is 30. The highest BCUT2D eigenvalue weighted by Crippen LogP contribution is 2.15. The zero-order valence-electron chi connectivity index (χ0n) is 38.1. The standard InChI is InChI=1S/C51H94O6/c1-4-7-10-13-15-17-19-21-23-25-27-29-31-33-35-38-41-44-50(53)56-47-48(46-55-49(52)43-40-37-12-9-6-3)57-51(54)45-42-39-36-34-32-30-28-26-24-22-20-18-16-14-11-8-5-2/h21-24,48H,4-20,25-47H2,1-3H3/b23-21-,24-22-. The van der Waals surface area contributed by atoms with Gasteiger partial charge >= 0.3 is 17.9 Å². The Bertz CT molecular complexity index is 927. The van der Waals surface area contributed by atoms with Crippen molar-refractivity contribution < 1.29 is 28.6 Å². The first-order valence-corrected chi connectivity index (χ1v) is 24.8. The lowest BCUT2D eigenvalue weighted by Crippen LogP contribution is -2.30. The highest BCUT2D eigenvalue weighted by Gasteiger charge is 2.19. The first-order valence-electron chi connectivity index (χ1n) is 24.8. The summed E-state index contributed by atoms with van der Waals surface area (Å²) in [6.45, 7) is 6.56. The van der Waals surface area contributed by atoms with Gasteiger partial charge in [0.1, 0.15) is 13.2 Å². The van der Waals surface area contributed by atoms with Gasteiger partial charge in [0.15, 0.2) is 6.10 Å². The van der Waals surface area contributed by atoms with Crippen molar-refractivity contribution in [1.29, 1.82) is 0 Å². The largest absolute Gasteiger partial charge is 0.462 e. The third-order valence-electron chi connectivity index (χ3n) is 10.9. The van der Waals surface area contributed by atoms with Gasteiger partial charge in [-0.15, -0.1) is 0 Å². The van der Waals surface area contributed by atoms with Crippen LogP contribution in [0.1, 0.15) is 265 Å². The molecule has 0 saturated heterocycles. The van der Waals surface area contributed by atoms with Gasteiger partial charge in [-0.3, -0.25) is 14.4 Å². The Hall–Kier alpha value is -2.11. The molecule has 0 bridgehead atoms. The Labute approximate surface area is 353 Å². The van der Waals surface area contributed by atoms with Crippen LogP contribution in [0.2, 0.25) is 0 Å². The van der Waals surface area contributed by atoms with E-state index in [4.69, 9.17) is 14.2 Å². The molecule has 0 aromatic carbocycles. The third kappa shape index (κ3) is 44.8. The number of allylic oxidation sites excluding steroid dienone is 4. The number of rotatable bonds is 45. The number of carbonyl (C=O) groups excluding carboxylic acids is 3. The number of hydrogen-bond donors (Lipinski definition) is 0. The quantitative estimate of drug-likeness (QED) is 0.0264. The van der Waals surface area contributed by atoms with E-state index in [2.05, 4.69) is 45.1 Å². The summed E-state index contributed by atoms with van der Waals surface area (Å²) in [6.07, 6.45) is 51.9. The molecule has 0 aliphatic carbocycles. The fourth-order valence-corrected chi connectivity index (χ4v) is 7.14. The Morgan fingerprint density at radius 3 is 0.877 bits per heavy atom. The predicted octanol–water partition coefficient (Wildman–Crippen LogP) is 16.0. The molecule has 0 aromatic heterocycles. The Kier molecular flexibility index (Phi) is 44.9. The SMILES string of the molecule is CCCCCCCC/C=C\CCCCCCCCCC(=O)OCC(COC(=O)CCCCCCC)OC(=O)CCCCCCCCC/C=C\CCCCCCCC. The van der Waals surface area contributed by atoms with Gasteiger partial charge in [0.05, 0.1) is 0 Å². The van der Waals surface area contributed by atoms with Crippen LogP contribution >= 0.6 is 0 Å². The summed E-state index contributed by atoms with van der Waals surface area (Å²) in [4.78, 5) is 37.6. The van der Waals surface area contributed by atoms with Gasteiger partial charge < -0.3 is 14.2 Å². The molecule has 0 aromatic rings. The maximum absolute atomic E-state index is 12.7. The van der Waals surface area contributed by atoms with E-state index in [1.807, 2.05) is 0 Å². The van der Waals surface area contributed by atoms with Crippen LogP contribution in [-0.4, -0.2) is 37.2 Å². The zero-order chi connectivity index (χ0) is 41.5. The van der Waals surface area contributed by atoms with Crippen LogP contribution < -0.4 is 0 Å². The molecule has 0 amide bonds. The number of esters is 3. The first-order chi connectivity index (χ1) is 28.0. The smallest absolute Gasteiger partial charge is 0.306 e. The molecular weight excluding hydrogens is 709 g/mol. The molecule has 0 radical (unpaired) electrons. The fourth-order valence-electron chi connectivity index (χ4n) is 7.14. The van der Waals surface area contributed by atoms with Gasteiger partial charge in [-0.05, 0) is 70.6 Å². The van der Waals surface area contributed by atoms with Crippen LogP contribution in [0.25, 0.3) is 0 Å². The molecule has 0 saturated carbocycles. The minimum absolute atomic E-state index is 0.0734. The van der Waals surface area contributed by atoms with E-state index in [1.165, 1.54) is 161 Å². The molecule has 6 heteroatoms. The maximum Gasteiger partial charge on any atom is 0.306 e. The van der Waals surface area contributed by atoms with E-state index in [1.54, 1.807) is 0 Å². The molecule has 6 nitrogen and oxygen atoms in total. The summed E-state index contributed by atoms with van der Waals surface area (Å²) in [6, 6.07) is 0. The van der Waals surface area contributed by atoms with E-state index < -0.39 is 6.10 Å². The second-order valence-electron chi connectivity index (χ2n) is 16.7. The summed E-state index contributed by atoms with van der Waals surface area (Å²) < 4.78 is 16.6. The van der Waals surface area contributed by atoms with Gasteiger partial charge in [0, 0.05) is 19.3 Å². The van der Waals surface area contributed by atoms with Gasteiger partial charge in [-0.2, -0.15) is 0 Å². The van der Waals surface area contributed by atoms with Crippen LogP contribution in [0.3, 0.4) is 0 Å². The lowest BCUT2D eigenvalue weighted by Gasteiger charge is -2.18. The Balaban J connectivity index is 4.17. The molecule has 0 aliphatic rings. The topological polar surface area (TPSA) is 78.9 Å². The van der Waals surface area contributed by atoms with Gasteiger partial charge in [0.25, 0.3) is 0 Å². The average Bonchev–Trinajstić information content (AvgIpc) is 3.21. The van der Waals surface area contributed by atoms with Crippen molar-refractivity contribution in [2.24, 2.45) is 0 Å². The summed E-state index contributed by atoms with van der Waals surface area (Å²) in [7, 11) is 0. The van der Waals surface area contributed by atoms with E-state index in [9.17, 15) is 14.4 Å². The molecule has 1 unspecified atom stereocenters. The second kappa shape index (κ2) is 46.6. The lowest BCUT2D eigenvalue weighted by atomic mass is 10.1. The van der Waals surface area contributed by atoms with Crippen LogP contribution in [0.15, 0.2) is 24.3 Å². The molecule has 0 N–H and O–H groups in total.